The van der Waals surface area contributed by atoms with Gasteiger partial charge in [0.2, 0.25) is 0 Å². The van der Waals surface area contributed by atoms with Crippen LogP contribution in [0.25, 0.3) is 0 Å². The summed E-state index contributed by atoms with van der Waals surface area (Å²) in [4.78, 5) is 21.9. The first-order valence-corrected chi connectivity index (χ1v) is 4.51. The van der Waals surface area contributed by atoms with Crippen LogP contribution in [-0.2, 0) is 19.1 Å². The van der Waals surface area contributed by atoms with Crippen LogP contribution in [0.15, 0.2) is 12.2 Å². The Labute approximate surface area is 107 Å². The Hall–Kier alpha value is -0.521. The van der Waals surface area contributed by atoms with Crippen molar-refractivity contribution in [2.45, 2.75) is 39.9 Å². The molecule has 4 nitrogen and oxygen atoms in total. The van der Waals surface area contributed by atoms with Gasteiger partial charge < -0.3 is 9.47 Å². The van der Waals surface area contributed by atoms with Gasteiger partial charge in [-0.3, -0.25) is 0 Å². The quantitative estimate of drug-likeness (QED) is 0.431. The average Bonchev–Trinajstić information content (AvgIpc) is 1.98. The van der Waals surface area contributed by atoms with E-state index in [2.05, 4.69) is 0 Å². The molecule has 86 valence electrons. The van der Waals surface area contributed by atoms with Gasteiger partial charge in [0, 0.05) is 12.2 Å². The molecule has 0 heterocycles. The number of ether oxygens (including phenoxy) is 2. The molecule has 0 aliphatic heterocycles. The van der Waals surface area contributed by atoms with Gasteiger partial charge in [-0.1, -0.05) is 0 Å². The monoisotopic (exact) mass is 322 g/mol. The van der Waals surface area contributed by atoms with Gasteiger partial charge in [-0.05, 0) is 27.7 Å². The fraction of sp³-hybridized carbons (Fsp3) is 0.600. The second kappa shape index (κ2) is 8.76. The molecule has 0 spiro atoms. The van der Waals surface area contributed by atoms with Crippen molar-refractivity contribution in [1.82, 2.24) is 0 Å². The van der Waals surface area contributed by atoms with Gasteiger partial charge in [-0.2, -0.15) is 0 Å². The van der Waals surface area contributed by atoms with Crippen molar-refractivity contribution >= 4 is 35.8 Å². The van der Waals surface area contributed by atoms with E-state index in [0.29, 0.717) is 0 Å². The molecule has 0 bridgehead atoms. The summed E-state index contributed by atoms with van der Waals surface area (Å²) in [5.41, 5.74) is 0. The standard InChI is InChI=1S/C10H16O4.Sn.2H/c1-7(2)13-9(11)5-6-10(12)14-8(3)4;;;/h5-8H,1-4H3;;;/b6-5-;;;. The van der Waals surface area contributed by atoms with E-state index >= 15 is 0 Å². The van der Waals surface area contributed by atoms with Gasteiger partial charge >= 0.3 is 35.8 Å². The van der Waals surface area contributed by atoms with Crippen LogP contribution < -0.4 is 0 Å². The molecule has 0 aromatic heterocycles. The Kier molecular flexibility index (Phi) is 9.87. The molecule has 0 saturated carbocycles. The molecule has 0 aromatic rings. The first-order valence-electron chi connectivity index (χ1n) is 4.51. The summed E-state index contributed by atoms with van der Waals surface area (Å²) in [6, 6.07) is 0. The third kappa shape index (κ3) is 11.4. The van der Waals surface area contributed by atoms with Crippen LogP contribution in [0.3, 0.4) is 0 Å². The van der Waals surface area contributed by atoms with E-state index in [1.54, 1.807) is 27.7 Å². The minimum absolute atomic E-state index is 0. The van der Waals surface area contributed by atoms with E-state index in [4.69, 9.17) is 9.47 Å². The van der Waals surface area contributed by atoms with E-state index < -0.39 is 11.9 Å². The molecule has 0 aromatic carbocycles. The maximum atomic E-state index is 10.9. The fourth-order valence-corrected chi connectivity index (χ4v) is 0.679. The van der Waals surface area contributed by atoms with Crippen molar-refractivity contribution in [2.75, 3.05) is 0 Å². The third-order valence-corrected chi connectivity index (χ3v) is 1.06. The van der Waals surface area contributed by atoms with Gasteiger partial charge in [0.1, 0.15) is 0 Å². The minimum atomic E-state index is -0.541. The summed E-state index contributed by atoms with van der Waals surface area (Å²) in [7, 11) is 0. The number of carbonyl (C=O) groups excluding carboxylic acids is 2. The zero-order valence-electron chi connectivity index (χ0n) is 9.65. The third-order valence-electron chi connectivity index (χ3n) is 1.06. The first-order chi connectivity index (χ1) is 6.41. The molecular weight excluding hydrogens is 303 g/mol. The summed E-state index contributed by atoms with van der Waals surface area (Å²) in [5.74, 6) is -1.08. The van der Waals surface area contributed by atoms with Crippen LogP contribution in [0.2, 0.25) is 0 Å². The van der Waals surface area contributed by atoms with Gasteiger partial charge in [0.05, 0.1) is 12.2 Å². The van der Waals surface area contributed by atoms with Gasteiger partial charge in [0.25, 0.3) is 0 Å². The Morgan fingerprint density at radius 2 is 1.13 bits per heavy atom. The average molecular weight is 321 g/mol. The van der Waals surface area contributed by atoms with Crippen molar-refractivity contribution in [3.05, 3.63) is 12.2 Å². The number of rotatable bonds is 4. The molecule has 0 aliphatic rings. The zero-order valence-corrected chi connectivity index (χ0v) is 13.7. The molecular formula is C10H18O4Sn. The van der Waals surface area contributed by atoms with Crippen LogP contribution in [0.1, 0.15) is 27.7 Å². The van der Waals surface area contributed by atoms with Crippen LogP contribution in [0.5, 0.6) is 0 Å². The molecule has 0 aliphatic carbocycles. The summed E-state index contributed by atoms with van der Waals surface area (Å²) in [5, 5.41) is 0. The van der Waals surface area contributed by atoms with E-state index in [-0.39, 0.29) is 36.1 Å². The van der Waals surface area contributed by atoms with E-state index in [0.717, 1.165) is 12.2 Å². The van der Waals surface area contributed by atoms with E-state index in [1.807, 2.05) is 0 Å². The Morgan fingerprint density at radius 1 is 0.867 bits per heavy atom. The van der Waals surface area contributed by atoms with E-state index in [9.17, 15) is 9.59 Å². The first kappa shape index (κ1) is 16.9. The Bertz CT molecular complexity index is 210. The molecule has 0 saturated heterocycles. The van der Waals surface area contributed by atoms with Crippen molar-refractivity contribution in [3.8, 4) is 0 Å². The molecule has 0 unspecified atom stereocenters. The Balaban J connectivity index is 0. The van der Waals surface area contributed by atoms with Crippen LogP contribution in [0.4, 0.5) is 0 Å². The molecule has 0 fully saturated rings. The van der Waals surface area contributed by atoms with Crippen LogP contribution in [-0.4, -0.2) is 48.1 Å². The Morgan fingerprint density at radius 3 is 1.33 bits per heavy atom. The normalized spacial score (nSPS) is 10.3. The van der Waals surface area contributed by atoms with Crippen LogP contribution in [0, 0.1) is 0 Å². The topological polar surface area (TPSA) is 52.6 Å². The zero-order chi connectivity index (χ0) is 11.1. The molecule has 2 radical (unpaired) electrons. The molecule has 5 heteroatoms. The second-order valence-corrected chi connectivity index (χ2v) is 3.30. The number of esters is 2. The second-order valence-electron chi connectivity index (χ2n) is 3.30. The van der Waals surface area contributed by atoms with Crippen molar-refractivity contribution < 1.29 is 19.1 Å². The number of hydrogen-bond acceptors (Lipinski definition) is 4. The summed E-state index contributed by atoms with van der Waals surface area (Å²) in [6.45, 7) is 6.94. The molecule has 15 heavy (non-hydrogen) atoms. The van der Waals surface area contributed by atoms with Gasteiger partial charge in [-0.25, -0.2) is 9.59 Å². The predicted octanol–water partition coefficient (Wildman–Crippen LogP) is 0.530. The van der Waals surface area contributed by atoms with Gasteiger partial charge in [0.15, 0.2) is 0 Å². The predicted molar refractivity (Wildman–Crippen MR) is 60.1 cm³/mol. The van der Waals surface area contributed by atoms with Crippen molar-refractivity contribution in [2.24, 2.45) is 0 Å². The van der Waals surface area contributed by atoms with Crippen molar-refractivity contribution in [1.29, 1.82) is 0 Å². The summed E-state index contributed by atoms with van der Waals surface area (Å²) < 4.78 is 9.54. The van der Waals surface area contributed by atoms with Crippen molar-refractivity contribution in [3.63, 3.8) is 0 Å². The number of hydrogen-bond donors (Lipinski definition) is 0. The molecule has 0 amide bonds. The maximum absolute atomic E-state index is 10.9. The van der Waals surface area contributed by atoms with Crippen LogP contribution >= 0.6 is 0 Å². The summed E-state index contributed by atoms with van der Waals surface area (Å²) in [6.07, 6.45) is 1.75. The SMILES string of the molecule is CC(C)OC(=O)/C=C\C(=O)OC(C)C.[SnH2]. The number of carbonyl (C=O) groups is 2. The molecule has 0 atom stereocenters. The fourth-order valence-electron chi connectivity index (χ4n) is 0.679. The van der Waals surface area contributed by atoms with E-state index in [1.165, 1.54) is 0 Å². The molecule has 0 rings (SSSR count). The summed E-state index contributed by atoms with van der Waals surface area (Å²) >= 11 is 0. The van der Waals surface area contributed by atoms with Gasteiger partial charge in [-0.15, -0.1) is 0 Å². The molecule has 0 N–H and O–H groups in total.